The average Bonchev–Trinajstić information content (AvgIpc) is 2.46. The van der Waals surface area contributed by atoms with Crippen LogP contribution < -0.4 is 10.0 Å². The number of benzene rings is 1. The number of piperidine rings is 1. The number of hydrogen-bond acceptors (Lipinski definition) is 4. The quantitative estimate of drug-likeness (QED) is 0.828. The van der Waals surface area contributed by atoms with Crippen molar-refractivity contribution < 1.29 is 17.5 Å². The first kappa shape index (κ1) is 17.3. The summed E-state index contributed by atoms with van der Waals surface area (Å²) in [6, 6.07) is 4.26. The zero-order valence-corrected chi connectivity index (χ0v) is 13.8. The van der Waals surface area contributed by atoms with Crippen molar-refractivity contribution in [3.8, 4) is 0 Å². The third-order valence-corrected chi connectivity index (χ3v) is 5.76. The fourth-order valence-corrected chi connectivity index (χ4v) is 4.37. The van der Waals surface area contributed by atoms with Gasteiger partial charge in [-0.1, -0.05) is 12.1 Å². The van der Waals surface area contributed by atoms with Crippen LogP contribution in [0.4, 0.5) is 4.39 Å². The van der Waals surface area contributed by atoms with Gasteiger partial charge in [-0.15, -0.1) is 0 Å². The molecule has 124 valence electrons. The van der Waals surface area contributed by atoms with E-state index in [0.29, 0.717) is 12.2 Å². The van der Waals surface area contributed by atoms with Crippen LogP contribution in [0.25, 0.3) is 0 Å². The van der Waals surface area contributed by atoms with E-state index in [-0.39, 0.29) is 16.9 Å². The van der Waals surface area contributed by atoms with Crippen LogP contribution in [0.1, 0.15) is 18.4 Å². The summed E-state index contributed by atoms with van der Waals surface area (Å²) in [7, 11) is -2.27. The van der Waals surface area contributed by atoms with E-state index in [1.807, 2.05) is 0 Å². The molecule has 1 saturated heterocycles. The smallest absolute Gasteiger partial charge is 0.243 e. The average molecular weight is 330 g/mol. The fourth-order valence-electron chi connectivity index (χ4n) is 2.91. The predicted molar refractivity (Wildman–Crippen MR) is 82.7 cm³/mol. The van der Waals surface area contributed by atoms with Crippen LogP contribution in [0.3, 0.4) is 0 Å². The number of sulfonamides is 1. The first-order valence-electron chi connectivity index (χ1n) is 7.35. The minimum absolute atomic E-state index is 0.244. The number of aryl methyl sites for hydroxylation is 1. The van der Waals surface area contributed by atoms with E-state index in [4.69, 9.17) is 4.74 Å². The molecule has 1 aromatic carbocycles. The van der Waals surface area contributed by atoms with Crippen molar-refractivity contribution in [2.45, 2.75) is 24.7 Å². The Hall–Kier alpha value is -1.02. The van der Waals surface area contributed by atoms with Gasteiger partial charge in [-0.25, -0.2) is 17.5 Å². The second-order valence-corrected chi connectivity index (χ2v) is 7.60. The predicted octanol–water partition coefficient (Wildman–Crippen LogP) is 1.43. The Morgan fingerprint density at radius 1 is 1.36 bits per heavy atom. The van der Waals surface area contributed by atoms with Gasteiger partial charge in [0.15, 0.2) is 0 Å². The topological polar surface area (TPSA) is 67.4 Å². The first-order valence-corrected chi connectivity index (χ1v) is 8.83. The molecule has 0 unspecified atom stereocenters. The van der Waals surface area contributed by atoms with Gasteiger partial charge in [0.1, 0.15) is 10.7 Å². The van der Waals surface area contributed by atoms with Crippen LogP contribution in [0, 0.1) is 18.2 Å². The van der Waals surface area contributed by atoms with Crippen molar-refractivity contribution in [1.29, 1.82) is 0 Å². The van der Waals surface area contributed by atoms with Gasteiger partial charge in [0.25, 0.3) is 0 Å². The van der Waals surface area contributed by atoms with E-state index in [1.54, 1.807) is 20.1 Å². The minimum Gasteiger partial charge on any atom is -0.384 e. The van der Waals surface area contributed by atoms with Crippen molar-refractivity contribution in [3.63, 3.8) is 0 Å². The molecule has 2 N–H and O–H groups in total. The molecule has 0 spiro atoms. The normalized spacial score (nSPS) is 18.3. The Kier molecular flexibility index (Phi) is 5.55. The molecule has 0 saturated carbocycles. The zero-order valence-electron chi connectivity index (χ0n) is 13.0. The number of ether oxygens (including phenoxy) is 1. The van der Waals surface area contributed by atoms with Crippen LogP contribution in [0.2, 0.25) is 0 Å². The van der Waals surface area contributed by atoms with Gasteiger partial charge < -0.3 is 10.1 Å². The summed E-state index contributed by atoms with van der Waals surface area (Å²) in [5, 5.41) is 3.25. The molecule has 0 atom stereocenters. The molecule has 1 aliphatic heterocycles. The van der Waals surface area contributed by atoms with Gasteiger partial charge >= 0.3 is 0 Å². The van der Waals surface area contributed by atoms with Gasteiger partial charge in [-0.2, -0.15) is 0 Å². The molecular formula is C15H23FN2O3S. The molecule has 0 amide bonds. The van der Waals surface area contributed by atoms with Crippen molar-refractivity contribution in [1.82, 2.24) is 10.0 Å². The van der Waals surface area contributed by atoms with Gasteiger partial charge in [-0.3, -0.25) is 0 Å². The highest BCUT2D eigenvalue weighted by Crippen LogP contribution is 2.29. The van der Waals surface area contributed by atoms with Crippen molar-refractivity contribution in [3.05, 3.63) is 29.6 Å². The Morgan fingerprint density at radius 2 is 2.05 bits per heavy atom. The number of halogens is 1. The van der Waals surface area contributed by atoms with E-state index >= 15 is 0 Å². The maximum absolute atomic E-state index is 13.9. The molecule has 0 radical (unpaired) electrons. The fraction of sp³-hybridized carbons (Fsp3) is 0.600. The molecule has 0 bridgehead atoms. The summed E-state index contributed by atoms with van der Waals surface area (Å²) in [6.45, 7) is 3.97. The summed E-state index contributed by atoms with van der Waals surface area (Å²) >= 11 is 0. The lowest BCUT2D eigenvalue weighted by Crippen LogP contribution is -2.47. The second kappa shape index (κ2) is 7.04. The standard InChI is InChI=1S/C15H23FN2O3S/c1-12-4-3-5-13(16)14(12)22(19,20)18-10-15(11-21-2)6-8-17-9-7-15/h3-5,17-18H,6-11H2,1-2H3. The van der Waals surface area contributed by atoms with Crippen LogP contribution in [0.15, 0.2) is 23.1 Å². The molecule has 0 aliphatic carbocycles. The van der Waals surface area contributed by atoms with E-state index in [0.717, 1.165) is 32.0 Å². The molecular weight excluding hydrogens is 307 g/mol. The zero-order chi connectivity index (χ0) is 16.2. The Balaban J connectivity index is 2.18. The van der Waals surface area contributed by atoms with Crippen LogP contribution in [-0.4, -0.2) is 41.8 Å². The third-order valence-electron chi connectivity index (χ3n) is 4.18. The van der Waals surface area contributed by atoms with Gasteiger partial charge in [0, 0.05) is 19.1 Å². The monoisotopic (exact) mass is 330 g/mol. The highest BCUT2D eigenvalue weighted by atomic mass is 32.2. The highest BCUT2D eigenvalue weighted by Gasteiger charge is 2.34. The summed E-state index contributed by atoms with van der Waals surface area (Å²) in [6.07, 6.45) is 1.64. The Bertz CT molecular complexity index is 587. The molecule has 1 aromatic rings. The molecule has 2 rings (SSSR count). The molecule has 7 heteroatoms. The van der Waals surface area contributed by atoms with E-state index in [2.05, 4.69) is 10.0 Å². The van der Waals surface area contributed by atoms with Crippen LogP contribution in [0.5, 0.6) is 0 Å². The lowest BCUT2D eigenvalue weighted by Gasteiger charge is -2.37. The van der Waals surface area contributed by atoms with E-state index < -0.39 is 15.8 Å². The maximum Gasteiger partial charge on any atom is 0.243 e. The van der Waals surface area contributed by atoms with Crippen molar-refractivity contribution in [2.75, 3.05) is 33.4 Å². The number of rotatable bonds is 6. The molecule has 1 fully saturated rings. The largest absolute Gasteiger partial charge is 0.384 e. The molecule has 1 aliphatic rings. The Labute approximate surface area is 131 Å². The number of hydrogen-bond donors (Lipinski definition) is 2. The SMILES string of the molecule is COCC1(CNS(=O)(=O)c2c(C)cccc2F)CCNCC1. The summed E-state index contributed by atoms with van der Waals surface area (Å²) in [4.78, 5) is -0.267. The summed E-state index contributed by atoms with van der Waals surface area (Å²) in [5.41, 5.74) is 0.158. The maximum atomic E-state index is 13.9. The van der Waals surface area contributed by atoms with Gasteiger partial charge in [0.05, 0.1) is 6.61 Å². The van der Waals surface area contributed by atoms with Gasteiger partial charge in [0.2, 0.25) is 10.0 Å². The molecule has 22 heavy (non-hydrogen) atoms. The number of methoxy groups -OCH3 is 1. The summed E-state index contributed by atoms with van der Waals surface area (Å²) in [5.74, 6) is -0.724. The second-order valence-electron chi connectivity index (χ2n) is 5.89. The lowest BCUT2D eigenvalue weighted by molar-refractivity contribution is 0.0577. The van der Waals surface area contributed by atoms with Gasteiger partial charge in [-0.05, 0) is 44.5 Å². The van der Waals surface area contributed by atoms with Crippen molar-refractivity contribution >= 4 is 10.0 Å². The molecule has 5 nitrogen and oxygen atoms in total. The minimum atomic E-state index is -3.88. The first-order chi connectivity index (χ1) is 10.4. The van der Waals surface area contributed by atoms with Crippen LogP contribution in [-0.2, 0) is 14.8 Å². The highest BCUT2D eigenvalue weighted by molar-refractivity contribution is 7.89. The molecule has 0 aromatic heterocycles. The van der Waals surface area contributed by atoms with E-state index in [9.17, 15) is 12.8 Å². The molecule has 1 heterocycles. The third kappa shape index (κ3) is 3.84. The lowest BCUT2D eigenvalue weighted by atomic mass is 9.80. The van der Waals surface area contributed by atoms with E-state index in [1.165, 1.54) is 6.07 Å². The Morgan fingerprint density at radius 3 is 2.64 bits per heavy atom. The number of nitrogens with one attached hydrogen (secondary N) is 2. The summed E-state index contributed by atoms with van der Waals surface area (Å²) < 4.78 is 46.7. The van der Waals surface area contributed by atoms with Crippen LogP contribution >= 0.6 is 0 Å². The van der Waals surface area contributed by atoms with Crippen molar-refractivity contribution in [2.24, 2.45) is 5.41 Å².